The van der Waals surface area contributed by atoms with Crippen LogP contribution in [0.2, 0.25) is 0 Å². The molecule has 0 aliphatic rings. The molecule has 0 saturated heterocycles. The quantitative estimate of drug-likeness (QED) is 0.494. The predicted molar refractivity (Wildman–Crippen MR) is 101 cm³/mol. The number of ketones is 1. The molecule has 1 heterocycles. The van der Waals surface area contributed by atoms with Gasteiger partial charge in [-0.3, -0.25) is 14.3 Å². The zero-order valence-corrected chi connectivity index (χ0v) is 14.7. The minimum Gasteiger partial charge on any atom is -0.295 e. The standard InChI is InChI=1S/C21H22N2O2/c1-3-4-7-14-23-19-9-6-5-8-18(19)21(25)20(22-23)17-12-10-16(11-13-17)15(2)24/h5-6,8-13H,3-4,7,14H2,1-2H3. The maximum absolute atomic E-state index is 12.9. The van der Waals surface area contributed by atoms with Crippen LogP contribution in [0, 0.1) is 0 Å². The summed E-state index contributed by atoms with van der Waals surface area (Å²) in [5, 5.41) is 5.32. The van der Waals surface area contributed by atoms with Gasteiger partial charge in [0.15, 0.2) is 5.78 Å². The highest BCUT2D eigenvalue weighted by Crippen LogP contribution is 2.19. The number of aryl methyl sites for hydroxylation is 1. The molecule has 2 aromatic carbocycles. The van der Waals surface area contributed by atoms with Gasteiger partial charge in [-0.2, -0.15) is 5.10 Å². The molecule has 1 aromatic heterocycles. The Morgan fingerprint density at radius 3 is 2.44 bits per heavy atom. The Hall–Kier alpha value is -2.75. The number of aromatic nitrogens is 2. The average Bonchev–Trinajstić information content (AvgIpc) is 2.64. The minimum absolute atomic E-state index is 0.00926. The van der Waals surface area contributed by atoms with Crippen LogP contribution in [0.3, 0.4) is 0 Å². The van der Waals surface area contributed by atoms with Crippen molar-refractivity contribution in [2.24, 2.45) is 0 Å². The molecule has 3 rings (SSSR count). The van der Waals surface area contributed by atoms with Gasteiger partial charge in [-0.25, -0.2) is 0 Å². The fraction of sp³-hybridized carbons (Fsp3) is 0.286. The average molecular weight is 334 g/mol. The molecule has 4 heteroatoms. The molecule has 0 unspecified atom stereocenters. The number of benzene rings is 2. The Labute approximate surface area is 147 Å². The van der Waals surface area contributed by atoms with Gasteiger partial charge in [0.1, 0.15) is 5.69 Å². The Bertz CT molecular complexity index is 956. The van der Waals surface area contributed by atoms with Crippen molar-refractivity contribution in [2.45, 2.75) is 39.7 Å². The number of unbranched alkanes of at least 4 members (excludes halogenated alkanes) is 2. The lowest BCUT2D eigenvalue weighted by Gasteiger charge is -2.12. The van der Waals surface area contributed by atoms with E-state index in [-0.39, 0.29) is 11.2 Å². The number of nitrogens with zero attached hydrogens (tertiary/aromatic N) is 2. The summed E-state index contributed by atoms with van der Waals surface area (Å²) < 4.78 is 1.93. The molecule has 0 aliphatic carbocycles. The summed E-state index contributed by atoms with van der Waals surface area (Å²) in [6.45, 7) is 4.48. The van der Waals surface area contributed by atoms with Crippen molar-refractivity contribution in [2.75, 3.05) is 0 Å². The van der Waals surface area contributed by atoms with E-state index < -0.39 is 0 Å². The van der Waals surface area contributed by atoms with Crippen LogP contribution in [0.15, 0.2) is 53.3 Å². The highest BCUT2D eigenvalue weighted by Gasteiger charge is 2.12. The molecule has 0 bridgehead atoms. The maximum atomic E-state index is 12.9. The number of carbonyl (C=O) groups excluding carboxylic acids is 1. The molecule has 0 amide bonds. The highest BCUT2D eigenvalue weighted by atomic mass is 16.1. The maximum Gasteiger partial charge on any atom is 0.215 e. The van der Waals surface area contributed by atoms with E-state index in [2.05, 4.69) is 12.0 Å². The van der Waals surface area contributed by atoms with Gasteiger partial charge in [0.25, 0.3) is 0 Å². The summed E-state index contributed by atoms with van der Waals surface area (Å²) in [5.74, 6) is 0.00926. The fourth-order valence-electron chi connectivity index (χ4n) is 2.97. The zero-order valence-electron chi connectivity index (χ0n) is 14.7. The second kappa shape index (κ2) is 7.43. The van der Waals surface area contributed by atoms with Gasteiger partial charge in [-0.05, 0) is 25.5 Å². The molecule has 3 aromatic rings. The summed E-state index contributed by atoms with van der Waals surface area (Å²) >= 11 is 0. The number of hydrogen-bond donors (Lipinski definition) is 0. The van der Waals surface area contributed by atoms with E-state index in [0.29, 0.717) is 16.6 Å². The van der Waals surface area contributed by atoms with Gasteiger partial charge in [0.05, 0.1) is 5.52 Å². The molecule has 0 N–H and O–H groups in total. The van der Waals surface area contributed by atoms with Crippen molar-refractivity contribution < 1.29 is 4.79 Å². The monoisotopic (exact) mass is 334 g/mol. The SMILES string of the molecule is CCCCCn1nc(-c2ccc(C(C)=O)cc2)c(=O)c2ccccc21. The van der Waals surface area contributed by atoms with E-state index in [4.69, 9.17) is 0 Å². The summed E-state index contributed by atoms with van der Waals surface area (Å²) in [4.78, 5) is 24.3. The Morgan fingerprint density at radius 1 is 1.04 bits per heavy atom. The Morgan fingerprint density at radius 2 is 1.76 bits per heavy atom. The lowest BCUT2D eigenvalue weighted by Crippen LogP contribution is -2.16. The van der Waals surface area contributed by atoms with Crippen LogP contribution in [-0.4, -0.2) is 15.6 Å². The molecule has 25 heavy (non-hydrogen) atoms. The van der Waals surface area contributed by atoms with Crippen molar-refractivity contribution in [1.82, 2.24) is 9.78 Å². The molecule has 0 aliphatic heterocycles. The molecule has 0 spiro atoms. The van der Waals surface area contributed by atoms with Crippen LogP contribution >= 0.6 is 0 Å². The van der Waals surface area contributed by atoms with E-state index in [0.717, 1.165) is 36.9 Å². The molecule has 0 fully saturated rings. The first-order valence-electron chi connectivity index (χ1n) is 8.73. The van der Waals surface area contributed by atoms with Gasteiger partial charge < -0.3 is 0 Å². The number of fused-ring (bicyclic) bond motifs is 1. The van der Waals surface area contributed by atoms with Crippen LogP contribution in [0.1, 0.15) is 43.5 Å². The fourth-order valence-corrected chi connectivity index (χ4v) is 2.97. The van der Waals surface area contributed by atoms with Crippen molar-refractivity contribution in [1.29, 1.82) is 0 Å². The third-order valence-corrected chi connectivity index (χ3v) is 4.40. The van der Waals surface area contributed by atoms with E-state index in [1.807, 2.05) is 28.9 Å². The van der Waals surface area contributed by atoms with Crippen molar-refractivity contribution in [3.63, 3.8) is 0 Å². The third kappa shape index (κ3) is 3.53. The molecular formula is C21H22N2O2. The molecule has 4 nitrogen and oxygen atoms in total. The number of Topliss-reactive ketones (excluding diaryl/α,β-unsaturated/α-hetero) is 1. The van der Waals surface area contributed by atoms with Crippen molar-refractivity contribution in [3.05, 3.63) is 64.3 Å². The van der Waals surface area contributed by atoms with Crippen molar-refractivity contribution in [3.8, 4) is 11.3 Å². The Kier molecular flexibility index (Phi) is 5.08. The first-order chi connectivity index (χ1) is 12.1. The number of para-hydroxylation sites is 1. The van der Waals surface area contributed by atoms with Crippen LogP contribution < -0.4 is 5.43 Å². The lowest BCUT2D eigenvalue weighted by atomic mass is 10.1. The summed E-state index contributed by atoms with van der Waals surface area (Å²) in [7, 11) is 0. The molecule has 128 valence electrons. The van der Waals surface area contributed by atoms with Gasteiger partial charge in [-0.15, -0.1) is 0 Å². The first-order valence-corrected chi connectivity index (χ1v) is 8.73. The molecule has 0 radical (unpaired) electrons. The normalized spacial score (nSPS) is 11.0. The molecule has 0 atom stereocenters. The second-order valence-electron chi connectivity index (χ2n) is 6.26. The van der Waals surface area contributed by atoms with Gasteiger partial charge in [0, 0.05) is 23.1 Å². The zero-order chi connectivity index (χ0) is 17.8. The second-order valence-corrected chi connectivity index (χ2v) is 6.26. The van der Waals surface area contributed by atoms with E-state index in [1.165, 1.54) is 6.92 Å². The Balaban J connectivity index is 2.12. The summed E-state index contributed by atoms with van der Waals surface area (Å²) in [6, 6.07) is 14.7. The summed E-state index contributed by atoms with van der Waals surface area (Å²) in [6.07, 6.45) is 3.29. The van der Waals surface area contributed by atoms with Crippen LogP contribution in [0.4, 0.5) is 0 Å². The van der Waals surface area contributed by atoms with Crippen LogP contribution in [-0.2, 0) is 6.54 Å². The predicted octanol–water partition coefficient (Wildman–Crippen LogP) is 4.46. The van der Waals surface area contributed by atoms with Gasteiger partial charge >= 0.3 is 0 Å². The van der Waals surface area contributed by atoms with Gasteiger partial charge in [-0.1, -0.05) is 56.2 Å². The van der Waals surface area contributed by atoms with E-state index in [1.54, 1.807) is 24.3 Å². The topological polar surface area (TPSA) is 52.0 Å². The lowest BCUT2D eigenvalue weighted by molar-refractivity contribution is 0.101. The van der Waals surface area contributed by atoms with Gasteiger partial charge in [0.2, 0.25) is 5.43 Å². The van der Waals surface area contributed by atoms with Crippen molar-refractivity contribution >= 4 is 16.7 Å². The number of carbonyl (C=O) groups is 1. The number of hydrogen-bond acceptors (Lipinski definition) is 3. The molecular weight excluding hydrogens is 312 g/mol. The summed E-state index contributed by atoms with van der Waals surface area (Å²) in [5.41, 5.74) is 2.61. The minimum atomic E-state index is -0.0714. The third-order valence-electron chi connectivity index (χ3n) is 4.40. The molecule has 0 saturated carbocycles. The van der Waals surface area contributed by atoms with Crippen LogP contribution in [0.5, 0.6) is 0 Å². The highest BCUT2D eigenvalue weighted by molar-refractivity contribution is 5.94. The largest absolute Gasteiger partial charge is 0.295 e. The van der Waals surface area contributed by atoms with Crippen LogP contribution in [0.25, 0.3) is 22.2 Å². The first kappa shape index (κ1) is 17.1. The van der Waals surface area contributed by atoms with E-state index >= 15 is 0 Å². The smallest absolute Gasteiger partial charge is 0.215 e. The number of rotatable bonds is 6. The van der Waals surface area contributed by atoms with E-state index in [9.17, 15) is 9.59 Å².